The number of hydrogen-bond acceptors (Lipinski definition) is 4. The number of halogens is 3. The van der Waals surface area contributed by atoms with Crippen molar-refractivity contribution in [1.82, 2.24) is 0 Å². The van der Waals surface area contributed by atoms with Gasteiger partial charge in [0.05, 0.1) is 17.0 Å². The van der Waals surface area contributed by atoms with E-state index in [4.69, 9.17) is 0 Å². The number of hydrogen-bond donors (Lipinski definition) is 2. The van der Waals surface area contributed by atoms with Crippen molar-refractivity contribution in [3.8, 4) is 11.5 Å². The molecule has 1 aliphatic carbocycles. The molecule has 0 heterocycles. The third-order valence-corrected chi connectivity index (χ3v) is 4.04. The van der Waals surface area contributed by atoms with Gasteiger partial charge in [0, 0.05) is 5.56 Å². The SMILES string of the molecule is O=C(c1ccccc1C(F)(F)F)C1Cc2ccc(O)c(O)c2C1=O. The number of benzene rings is 2. The van der Waals surface area contributed by atoms with Crippen molar-refractivity contribution in [1.29, 1.82) is 0 Å². The largest absolute Gasteiger partial charge is 0.504 e. The number of carbonyl (C=O) groups is 2. The highest BCUT2D eigenvalue weighted by atomic mass is 19.4. The summed E-state index contributed by atoms with van der Waals surface area (Å²) in [5.74, 6) is -4.28. The quantitative estimate of drug-likeness (QED) is 0.501. The van der Waals surface area contributed by atoms with E-state index >= 15 is 0 Å². The Kier molecular flexibility index (Phi) is 3.59. The van der Waals surface area contributed by atoms with E-state index < -0.39 is 46.3 Å². The molecular weight excluding hydrogens is 325 g/mol. The Labute approximate surface area is 134 Å². The zero-order valence-corrected chi connectivity index (χ0v) is 12.1. The Morgan fingerprint density at radius 1 is 1.08 bits per heavy atom. The van der Waals surface area contributed by atoms with E-state index in [1.807, 2.05) is 0 Å². The number of carbonyl (C=O) groups excluding carboxylic acids is 2. The first-order valence-electron chi connectivity index (χ1n) is 7.00. The maximum Gasteiger partial charge on any atom is 0.417 e. The molecule has 0 radical (unpaired) electrons. The first kappa shape index (κ1) is 16.0. The summed E-state index contributed by atoms with van der Waals surface area (Å²) in [5, 5.41) is 19.2. The zero-order chi connectivity index (χ0) is 17.6. The molecule has 0 fully saturated rings. The smallest absolute Gasteiger partial charge is 0.417 e. The second-order valence-corrected chi connectivity index (χ2v) is 5.50. The maximum atomic E-state index is 13.1. The lowest BCUT2D eigenvalue weighted by Gasteiger charge is -2.14. The molecule has 0 aliphatic heterocycles. The third kappa shape index (κ3) is 2.42. The van der Waals surface area contributed by atoms with Crippen molar-refractivity contribution in [2.75, 3.05) is 0 Å². The van der Waals surface area contributed by atoms with Crippen LogP contribution in [0.1, 0.15) is 31.8 Å². The molecule has 1 aliphatic rings. The average Bonchev–Trinajstić information content (AvgIpc) is 2.87. The number of aromatic hydroxyl groups is 2. The fourth-order valence-corrected chi connectivity index (χ4v) is 2.90. The summed E-state index contributed by atoms with van der Waals surface area (Å²) < 4.78 is 39.2. The molecule has 2 aromatic carbocycles. The van der Waals surface area contributed by atoms with Crippen LogP contribution in [-0.4, -0.2) is 21.8 Å². The van der Waals surface area contributed by atoms with Crippen LogP contribution in [0.15, 0.2) is 36.4 Å². The van der Waals surface area contributed by atoms with Crippen LogP contribution in [0.3, 0.4) is 0 Å². The van der Waals surface area contributed by atoms with Crippen LogP contribution in [0.2, 0.25) is 0 Å². The first-order valence-corrected chi connectivity index (χ1v) is 7.00. The van der Waals surface area contributed by atoms with E-state index in [2.05, 4.69) is 0 Å². The van der Waals surface area contributed by atoms with E-state index in [-0.39, 0.29) is 12.0 Å². The summed E-state index contributed by atoms with van der Waals surface area (Å²) in [6.45, 7) is 0. The third-order valence-electron chi connectivity index (χ3n) is 4.04. The summed E-state index contributed by atoms with van der Waals surface area (Å²) in [5.41, 5.74) is -1.58. The molecule has 2 N–H and O–H groups in total. The van der Waals surface area contributed by atoms with Gasteiger partial charge in [-0.2, -0.15) is 13.2 Å². The normalized spacial score (nSPS) is 17.0. The van der Waals surface area contributed by atoms with Gasteiger partial charge in [0.25, 0.3) is 0 Å². The summed E-state index contributed by atoms with van der Waals surface area (Å²) in [4.78, 5) is 24.9. The molecule has 4 nitrogen and oxygen atoms in total. The van der Waals surface area contributed by atoms with Gasteiger partial charge < -0.3 is 10.2 Å². The number of alkyl halides is 3. The molecular formula is C17H11F3O4. The number of phenolic OH excluding ortho intramolecular Hbond substituents is 2. The van der Waals surface area contributed by atoms with Gasteiger partial charge in [0.1, 0.15) is 0 Å². The van der Waals surface area contributed by atoms with E-state index in [1.165, 1.54) is 12.1 Å². The highest BCUT2D eigenvalue weighted by Gasteiger charge is 2.42. The van der Waals surface area contributed by atoms with Gasteiger partial charge in [-0.05, 0) is 24.1 Å². The van der Waals surface area contributed by atoms with Crippen LogP contribution >= 0.6 is 0 Å². The van der Waals surface area contributed by atoms with Gasteiger partial charge in [0.15, 0.2) is 23.1 Å². The van der Waals surface area contributed by atoms with Crippen molar-refractivity contribution in [2.45, 2.75) is 12.6 Å². The Morgan fingerprint density at radius 2 is 1.75 bits per heavy atom. The molecule has 0 spiro atoms. The number of fused-ring (bicyclic) bond motifs is 1. The Balaban J connectivity index is 2.03. The van der Waals surface area contributed by atoms with Crippen molar-refractivity contribution < 1.29 is 33.0 Å². The molecule has 3 rings (SSSR count). The van der Waals surface area contributed by atoms with Gasteiger partial charge in [-0.15, -0.1) is 0 Å². The fraction of sp³-hybridized carbons (Fsp3) is 0.176. The van der Waals surface area contributed by atoms with Crippen LogP contribution in [0.5, 0.6) is 11.5 Å². The number of rotatable bonds is 2. The van der Waals surface area contributed by atoms with Gasteiger partial charge in [-0.1, -0.05) is 24.3 Å². The Morgan fingerprint density at radius 3 is 2.42 bits per heavy atom. The molecule has 7 heteroatoms. The van der Waals surface area contributed by atoms with Crippen molar-refractivity contribution in [3.63, 3.8) is 0 Å². The molecule has 0 aromatic heterocycles. The van der Waals surface area contributed by atoms with Crippen LogP contribution in [0.25, 0.3) is 0 Å². The molecule has 0 saturated heterocycles. The predicted molar refractivity (Wildman–Crippen MR) is 77.1 cm³/mol. The molecule has 1 atom stereocenters. The Hall–Kier alpha value is -2.83. The minimum Gasteiger partial charge on any atom is -0.504 e. The summed E-state index contributed by atoms with van der Waals surface area (Å²) in [7, 11) is 0. The maximum absolute atomic E-state index is 13.1. The molecule has 0 amide bonds. The number of Topliss-reactive ketones (excluding diaryl/α,β-unsaturated/α-hetero) is 2. The van der Waals surface area contributed by atoms with Crippen LogP contribution in [-0.2, 0) is 12.6 Å². The van der Waals surface area contributed by atoms with Gasteiger partial charge in [-0.3, -0.25) is 9.59 Å². The van der Waals surface area contributed by atoms with Crippen LogP contribution in [0, 0.1) is 5.92 Å². The summed E-state index contributed by atoms with van der Waals surface area (Å²) >= 11 is 0. The minimum atomic E-state index is -4.72. The predicted octanol–water partition coefficient (Wildman–Crippen LogP) is 3.35. The van der Waals surface area contributed by atoms with E-state index in [0.717, 1.165) is 24.3 Å². The van der Waals surface area contributed by atoms with Gasteiger partial charge in [-0.25, -0.2) is 0 Å². The molecule has 124 valence electrons. The lowest BCUT2D eigenvalue weighted by Crippen LogP contribution is -2.24. The molecule has 1 unspecified atom stereocenters. The lowest BCUT2D eigenvalue weighted by atomic mass is 9.91. The lowest BCUT2D eigenvalue weighted by molar-refractivity contribution is -0.137. The summed E-state index contributed by atoms with van der Waals surface area (Å²) in [6, 6.07) is 6.79. The standard InChI is InChI=1S/C17H11F3O4/c18-17(19,20)11-4-2-1-3-9(11)14(22)10-7-8-5-6-12(21)16(24)13(8)15(10)23/h1-6,10,21,24H,7H2. The minimum absolute atomic E-state index is 0.118. The van der Waals surface area contributed by atoms with E-state index in [9.17, 15) is 33.0 Å². The number of ketones is 2. The second-order valence-electron chi connectivity index (χ2n) is 5.50. The molecule has 0 bridgehead atoms. The molecule has 0 saturated carbocycles. The fourth-order valence-electron chi connectivity index (χ4n) is 2.90. The second kappa shape index (κ2) is 5.36. The zero-order valence-electron chi connectivity index (χ0n) is 12.1. The highest BCUT2D eigenvalue weighted by Crippen LogP contribution is 2.41. The van der Waals surface area contributed by atoms with E-state index in [1.54, 1.807) is 0 Å². The van der Waals surface area contributed by atoms with Crippen molar-refractivity contribution >= 4 is 11.6 Å². The highest BCUT2D eigenvalue weighted by molar-refractivity contribution is 6.20. The van der Waals surface area contributed by atoms with Crippen LogP contribution in [0.4, 0.5) is 13.2 Å². The van der Waals surface area contributed by atoms with Crippen LogP contribution < -0.4 is 0 Å². The first-order chi connectivity index (χ1) is 11.2. The molecule has 24 heavy (non-hydrogen) atoms. The van der Waals surface area contributed by atoms with Gasteiger partial charge in [0.2, 0.25) is 0 Å². The Bertz CT molecular complexity index is 855. The van der Waals surface area contributed by atoms with Crippen molar-refractivity contribution in [2.24, 2.45) is 5.92 Å². The average molecular weight is 336 g/mol. The molecule has 2 aromatic rings. The van der Waals surface area contributed by atoms with Gasteiger partial charge >= 0.3 is 6.18 Å². The topological polar surface area (TPSA) is 74.6 Å². The van der Waals surface area contributed by atoms with E-state index in [0.29, 0.717) is 5.56 Å². The number of phenols is 2. The monoisotopic (exact) mass is 336 g/mol. The van der Waals surface area contributed by atoms with Crippen molar-refractivity contribution in [3.05, 3.63) is 58.7 Å². The summed E-state index contributed by atoms with van der Waals surface area (Å²) in [6.07, 6.45) is -4.84.